The third-order valence-electron chi connectivity index (χ3n) is 1.46. The molecule has 0 bridgehead atoms. The van der Waals surface area contributed by atoms with Crippen LogP contribution >= 0.6 is 0 Å². The van der Waals surface area contributed by atoms with Gasteiger partial charge in [0.1, 0.15) is 0 Å². The lowest BCUT2D eigenvalue weighted by molar-refractivity contribution is -0.138. The van der Waals surface area contributed by atoms with Gasteiger partial charge in [0.25, 0.3) is 0 Å². The number of hydrogen-bond acceptors (Lipinski definition) is 3. The predicted molar refractivity (Wildman–Crippen MR) is 53.7 cm³/mol. The Hall–Kier alpha value is -1.32. The summed E-state index contributed by atoms with van der Waals surface area (Å²) in [5, 5.41) is 2.53. The van der Waals surface area contributed by atoms with E-state index in [1.807, 2.05) is 13.8 Å². The Morgan fingerprint density at radius 1 is 1.29 bits per heavy atom. The van der Waals surface area contributed by atoms with Gasteiger partial charge in [-0.15, -0.1) is 0 Å². The summed E-state index contributed by atoms with van der Waals surface area (Å²) in [6, 6.07) is 0. The van der Waals surface area contributed by atoms with E-state index < -0.39 is 5.97 Å². The summed E-state index contributed by atoms with van der Waals surface area (Å²) in [5.74, 6) is -0.746. The number of nitrogens with one attached hydrogen (secondary N) is 1. The fraction of sp³-hybridized carbons (Fsp3) is 0.600. The first kappa shape index (κ1) is 12.7. The van der Waals surface area contributed by atoms with Gasteiger partial charge in [0.2, 0.25) is 5.91 Å². The molecule has 1 N–H and O–H groups in total. The lowest BCUT2D eigenvalue weighted by Crippen LogP contribution is -2.20. The van der Waals surface area contributed by atoms with Crippen molar-refractivity contribution in [2.24, 2.45) is 0 Å². The first-order valence-electron chi connectivity index (χ1n) is 4.83. The van der Waals surface area contributed by atoms with E-state index >= 15 is 0 Å². The van der Waals surface area contributed by atoms with Crippen LogP contribution in [-0.4, -0.2) is 25.0 Å². The maximum Gasteiger partial charge on any atom is 0.330 e. The molecule has 80 valence electrons. The third kappa shape index (κ3) is 7.34. The van der Waals surface area contributed by atoms with E-state index in [9.17, 15) is 9.59 Å². The molecule has 1 amide bonds. The van der Waals surface area contributed by atoms with Crippen LogP contribution in [0, 0.1) is 0 Å². The van der Waals surface area contributed by atoms with E-state index in [1.165, 1.54) is 6.08 Å². The number of hydrogen-bond donors (Lipinski definition) is 1. The Morgan fingerprint density at radius 3 is 2.57 bits per heavy atom. The van der Waals surface area contributed by atoms with Crippen LogP contribution in [0.1, 0.15) is 26.7 Å². The van der Waals surface area contributed by atoms with E-state index in [0.29, 0.717) is 13.2 Å². The Labute approximate surface area is 84.3 Å². The van der Waals surface area contributed by atoms with Crippen LogP contribution in [0.2, 0.25) is 0 Å². The molecular weight excluding hydrogens is 182 g/mol. The second kappa shape index (κ2) is 8.29. The Kier molecular flexibility index (Phi) is 7.50. The molecule has 0 heterocycles. The molecule has 4 nitrogen and oxygen atoms in total. The summed E-state index contributed by atoms with van der Waals surface area (Å²) in [6.45, 7) is 4.78. The first-order chi connectivity index (χ1) is 6.70. The number of likely N-dealkylation sites (N-methyl/N-ethyl adjacent to an activating group) is 1. The molecule has 0 rings (SSSR count). The number of amides is 1. The van der Waals surface area contributed by atoms with Gasteiger partial charge in [-0.3, -0.25) is 4.79 Å². The average Bonchev–Trinajstić information content (AvgIpc) is 2.16. The van der Waals surface area contributed by atoms with E-state index in [2.05, 4.69) is 5.32 Å². The van der Waals surface area contributed by atoms with Gasteiger partial charge < -0.3 is 10.1 Å². The quantitative estimate of drug-likeness (QED) is 0.395. The van der Waals surface area contributed by atoms with Gasteiger partial charge in [0, 0.05) is 18.7 Å². The molecular formula is C10H17NO3. The van der Waals surface area contributed by atoms with E-state index in [4.69, 9.17) is 4.74 Å². The maximum absolute atomic E-state index is 10.9. The molecule has 0 aromatic heterocycles. The Morgan fingerprint density at radius 2 is 2.00 bits per heavy atom. The minimum Gasteiger partial charge on any atom is -0.463 e. The van der Waals surface area contributed by atoms with Crippen LogP contribution in [0.15, 0.2) is 12.2 Å². The zero-order valence-electron chi connectivity index (χ0n) is 8.71. The largest absolute Gasteiger partial charge is 0.463 e. The van der Waals surface area contributed by atoms with Crippen molar-refractivity contribution in [3.05, 3.63) is 12.2 Å². The van der Waals surface area contributed by atoms with Crippen molar-refractivity contribution in [1.82, 2.24) is 5.32 Å². The van der Waals surface area contributed by atoms with Crippen molar-refractivity contribution in [3.63, 3.8) is 0 Å². The fourth-order valence-corrected chi connectivity index (χ4v) is 0.742. The van der Waals surface area contributed by atoms with Gasteiger partial charge in [-0.2, -0.15) is 0 Å². The molecule has 0 aromatic carbocycles. The zero-order valence-corrected chi connectivity index (χ0v) is 8.71. The van der Waals surface area contributed by atoms with Crippen LogP contribution < -0.4 is 5.32 Å². The van der Waals surface area contributed by atoms with Crippen LogP contribution in [0.25, 0.3) is 0 Å². The van der Waals surface area contributed by atoms with Crippen molar-refractivity contribution in [3.8, 4) is 0 Å². The molecule has 0 aliphatic carbocycles. The molecule has 0 unspecified atom stereocenters. The zero-order chi connectivity index (χ0) is 10.8. The lowest BCUT2D eigenvalue weighted by Gasteiger charge is -1.99. The highest BCUT2D eigenvalue weighted by molar-refractivity contribution is 5.94. The molecule has 0 spiro atoms. The molecule has 0 fully saturated rings. The van der Waals surface area contributed by atoms with E-state index in [0.717, 1.165) is 18.9 Å². The number of unbranched alkanes of at least 4 members (excludes halogenated alkanes) is 1. The Balaban J connectivity index is 3.64. The van der Waals surface area contributed by atoms with Crippen molar-refractivity contribution in [1.29, 1.82) is 0 Å². The van der Waals surface area contributed by atoms with E-state index in [-0.39, 0.29) is 5.91 Å². The van der Waals surface area contributed by atoms with Gasteiger partial charge in [-0.25, -0.2) is 4.79 Å². The summed E-state index contributed by atoms with van der Waals surface area (Å²) >= 11 is 0. The van der Waals surface area contributed by atoms with Crippen LogP contribution in [0.5, 0.6) is 0 Å². The smallest absolute Gasteiger partial charge is 0.330 e. The van der Waals surface area contributed by atoms with Gasteiger partial charge in [-0.1, -0.05) is 13.3 Å². The second-order valence-electron chi connectivity index (χ2n) is 2.75. The topological polar surface area (TPSA) is 55.4 Å². The average molecular weight is 199 g/mol. The predicted octanol–water partition coefficient (Wildman–Crippen LogP) is 1.02. The number of ether oxygens (including phenoxy) is 1. The van der Waals surface area contributed by atoms with Crippen LogP contribution in [0.4, 0.5) is 0 Å². The molecule has 0 radical (unpaired) electrons. The standard InChI is InChI=1S/C10H17NO3/c1-3-5-8-14-10(13)7-6-9(12)11-4-2/h6-7H,3-5,8H2,1-2H3,(H,11,12)/b7-6-. The minimum atomic E-state index is -0.468. The molecule has 0 aromatic rings. The maximum atomic E-state index is 10.9. The van der Waals surface area contributed by atoms with Crippen LogP contribution in [-0.2, 0) is 14.3 Å². The van der Waals surface area contributed by atoms with Crippen LogP contribution in [0.3, 0.4) is 0 Å². The van der Waals surface area contributed by atoms with Crippen molar-refractivity contribution in [2.45, 2.75) is 26.7 Å². The molecule has 4 heteroatoms. The van der Waals surface area contributed by atoms with Gasteiger partial charge in [0.15, 0.2) is 0 Å². The molecule has 0 saturated heterocycles. The summed E-state index contributed by atoms with van der Waals surface area (Å²) < 4.78 is 4.81. The molecule has 14 heavy (non-hydrogen) atoms. The summed E-state index contributed by atoms with van der Waals surface area (Å²) in [4.78, 5) is 21.8. The van der Waals surface area contributed by atoms with Crippen molar-refractivity contribution < 1.29 is 14.3 Å². The SMILES string of the molecule is CCCCOC(=O)/C=C\C(=O)NCC. The molecule has 0 aliphatic rings. The second-order valence-corrected chi connectivity index (χ2v) is 2.75. The van der Waals surface area contributed by atoms with E-state index in [1.54, 1.807) is 0 Å². The lowest BCUT2D eigenvalue weighted by atomic mass is 10.4. The van der Waals surface area contributed by atoms with Gasteiger partial charge in [0.05, 0.1) is 6.61 Å². The summed E-state index contributed by atoms with van der Waals surface area (Å²) in [7, 11) is 0. The minimum absolute atomic E-state index is 0.278. The molecule has 0 aliphatic heterocycles. The monoisotopic (exact) mass is 199 g/mol. The highest BCUT2D eigenvalue weighted by Gasteiger charge is 1.97. The number of rotatable bonds is 6. The van der Waals surface area contributed by atoms with Gasteiger partial charge in [-0.05, 0) is 13.3 Å². The van der Waals surface area contributed by atoms with Crippen molar-refractivity contribution >= 4 is 11.9 Å². The normalized spacial score (nSPS) is 10.1. The highest BCUT2D eigenvalue weighted by atomic mass is 16.5. The summed E-state index contributed by atoms with van der Waals surface area (Å²) in [6.07, 6.45) is 4.15. The molecule has 0 atom stereocenters. The van der Waals surface area contributed by atoms with Crippen molar-refractivity contribution in [2.75, 3.05) is 13.2 Å². The number of carbonyl (C=O) groups excluding carboxylic acids is 2. The summed E-state index contributed by atoms with van der Waals surface area (Å²) in [5.41, 5.74) is 0. The van der Waals surface area contributed by atoms with Gasteiger partial charge >= 0.3 is 5.97 Å². The highest BCUT2D eigenvalue weighted by Crippen LogP contribution is 1.89. The Bertz CT molecular complexity index is 211. The number of carbonyl (C=O) groups is 2. The third-order valence-corrected chi connectivity index (χ3v) is 1.46. The first-order valence-corrected chi connectivity index (χ1v) is 4.83. The fourth-order valence-electron chi connectivity index (χ4n) is 0.742. The number of esters is 1. The molecule has 0 saturated carbocycles.